The average Bonchev–Trinajstić information content (AvgIpc) is 2.93. The predicted octanol–water partition coefficient (Wildman–Crippen LogP) is 1.75. The monoisotopic (exact) mass is 208 g/mol. The molecule has 1 atom stereocenters. The van der Waals surface area contributed by atoms with Crippen LogP contribution in [0.2, 0.25) is 0 Å². The molecule has 0 bridgehead atoms. The molecule has 0 amide bonds. The van der Waals surface area contributed by atoms with Gasteiger partial charge in [0.2, 0.25) is 0 Å². The first kappa shape index (κ1) is 10.6. The van der Waals surface area contributed by atoms with Crippen molar-refractivity contribution in [1.82, 2.24) is 20.1 Å². The first-order valence-electron chi connectivity index (χ1n) is 5.80. The summed E-state index contributed by atoms with van der Waals surface area (Å²) in [5.74, 6) is 1.93. The second-order valence-corrected chi connectivity index (χ2v) is 4.76. The Kier molecular flexibility index (Phi) is 3.05. The van der Waals surface area contributed by atoms with E-state index in [2.05, 4.69) is 40.9 Å². The summed E-state index contributed by atoms with van der Waals surface area (Å²) in [6.07, 6.45) is 4.57. The minimum Gasteiger partial charge on any atom is -0.314 e. The normalized spacial score (nSPS) is 18.4. The lowest BCUT2D eigenvalue weighted by atomic mass is 10.2. The first-order valence-corrected chi connectivity index (χ1v) is 5.80. The van der Waals surface area contributed by atoms with E-state index in [4.69, 9.17) is 0 Å². The molecule has 1 aliphatic carbocycles. The highest BCUT2D eigenvalue weighted by Crippen LogP contribution is 2.32. The van der Waals surface area contributed by atoms with Crippen LogP contribution in [-0.4, -0.2) is 20.8 Å². The van der Waals surface area contributed by atoms with Gasteiger partial charge in [0.05, 0.1) is 6.54 Å². The average molecular weight is 208 g/mol. The number of nitrogens with zero attached hydrogens (tertiary/aromatic N) is 3. The zero-order valence-corrected chi connectivity index (χ0v) is 9.77. The Labute approximate surface area is 91.1 Å². The molecule has 84 valence electrons. The van der Waals surface area contributed by atoms with Crippen molar-refractivity contribution < 1.29 is 0 Å². The van der Waals surface area contributed by atoms with Crippen molar-refractivity contribution in [2.24, 2.45) is 5.92 Å². The van der Waals surface area contributed by atoms with Gasteiger partial charge in [0.25, 0.3) is 0 Å². The fourth-order valence-electron chi connectivity index (χ4n) is 1.84. The Morgan fingerprint density at radius 3 is 2.80 bits per heavy atom. The molecule has 1 fully saturated rings. The Balaban J connectivity index is 1.89. The van der Waals surface area contributed by atoms with Crippen LogP contribution >= 0.6 is 0 Å². The van der Waals surface area contributed by atoms with Crippen molar-refractivity contribution in [3.8, 4) is 0 Å². The summed E-state index contributed by atoms with van der Waals surface area (Å²) in [6.45, 7) is 7.39. The molecule has 1 aromatic heterocycles. The van der Waals surface area contributed by atoms with Crippen molar-refractivity contribution in [3.63, 3.8) is 0 Å². The fraction of sp³-hybridized carbons (Fsp3) is 0.818. The van der Waals surface area contributed by atoms with Gasteiger partial charge in [-0.25, -0.2) is 0 Å². The number of hydrogen-bond acceptors (Lipinski definition) is 3. The maximum absolute atomic E-state index is 4.14. The lowest BCUT2D eigenvalue weighted by Crippen LogP contribution is -2.28. The highest BCUT2D eigenvalue weighted by Gasteiger charge is 2.27. The van der Waals surface area contributed by atoms with E-state index in [9.17, 15) is 0 Å². The van der Waals surface area contributed by atoms with E-state index in [-0.39, 0.29) is 0 Å². The molecule has 1 unspecified atom stereocenters. The first-order chi connectivity index (χ1) is 7.18. The summed E-state index contributed by atoms with van der Waals surface area (Å²) in [5, 5.41) is 11.6. The Hall–Kier alpha value is -0.900. The van der Waals surface area contributed by atoms with E-state index in [1.165, 1.54) is 12.8 Å². The van der Waals surface area contributed by atoms with Gasteiger partial charge >= 0.3 is 0 Å². The van der Waals surface area contributed by atoms with Gasteiger partial charge in [0.1, 0.15) is 12.2 Å². The smallest absolute Gasteiger partial charge is 0.147 e. The van der Waals surface area contributed by atoms with E-state index in [1.807, 2.05) is 6.33 Å². The summed E-state index contributed by atoms with van der Waals surface area (Å²) < 4.78 is 2.12. The molecule has 0 radical (unpaired) electrons. The Bertz CT molecular complexity index is 314. The van der Waals surface area contributed by atoms with Crippen LogP contribution in [0.3, 0.4) is 0 Å². The fourth-order valence-corrected chi connectivity index (χ4v) is 1.84. The zero-order chi connectivity index (χ0) is 10.8. The number of nitrogens with one attached hydrogen (secondary N) is 1. The number of rotatable bonds is 5. The van der Waals surface area contributed by atoms with Gasteiger partial charge in [-0.3, -0.25) is 0 Å². The van der Waals surface area contributed by atoms with Gasteiger partial charge in [-0.05, 0) is 39.5 Å². The van der Waals surface area contributed by atoms with E-state index in [0.29, 0.717) is 12.1 Å². The van der Waals surface area contributed by atoms with Crippen LogP contribution in [0.5, 0.6) is 0 Å². The second-order valence-electron chi connectivity index (χ2n) is 4.76. The Morgan fingerprint density at radius 2 is 2.20 bits per heavy atom. The van der Waals surface area contributed by atoms with E-state index < -0.39 is 0 Å². The van der Waals surface area contributed by atoms with Crippen molar-refractivity contribution >= 4 is 0 Å². The molecule has 1 N–H and O–H groups in total. The van der Waals surface area contributed by atoms with Crippen LogP contribution in [0.4, 0.5) is 0 Å². The molecular weight excluding hydrogens is 188 g/mol. The molecule has 15 heavy (non-hydrogen) atoms. The summed E-state index contributed by atoms with van der Waals surface area (Å²) in [4.78, 5) is 0. The van der Waals surface area contributed by atoms with E-state index in [0.717, 1.165) is 18.3 Å². The van der Waals surface area contributed by atoms with Crippen molar-refractivity contribution in [2.45, 2.75) is 52.2 Å². The van der Waals surface area contributed by atoms with Crippen LogP contribution in [0, 0.1) is 5.92 Å². The van der Waals surface area contributed by atoms with E-state index in [1.54, 1.807) is 0 Å². The van der Waals surface area contributed by atoms with Gasteiger partial charge in [-0.2, -0.15) is 0 Å². The molecule has 2 rings (SSSR count). The molecule has 1 aromatic rings. The number of hydrogen-bond donors (Lipinski definition) is 1. The summed E-state index contributed by atoms with van der Waals surface area (Å²) in [5.41, 5.74) is 0. The minimum atomic E-state index is 0.438. The molecule has 1 heterocycles. The highest BCUT2D eigenvalue weighted by atomic mass is 15.3. The molecule has 4 nitrogen and oxygen atoms in total. The standard InChI is InChI=1S/C11H20N4/c1-8(2)15-7-13-14-11(15)6-12-9(3)10-4-5-10/h7-10,12H,4-6H2,1-3H3. The van der Waals surface area contributed by atoms with Crippen LogP contribution in [0.1, 0.15) is 45.5 Å². The van der Waals surface area contributed by atoms with Gasteiger partial charge in [0, 0.05) is 12.1 Å². The van der Waals surface area contributed by atoms with E-state index >= 15 is 0 Å². The third-order valence-corrected chi connectivity index (χ3v) is 3.11. The van der Waals surface area contributed by atoms with Crippen LogP contribution < -0.4 is 5.32 Å². The van der Waals surface area contributed by atoms with Gasteiger partial charge in [0.15, 0.2) is 0 Å². The van der Waals surface area contributed by atoms with Crippen molar-refractivity contribution in [3.05, 3.63) is 12.2 Å². The molecule has 1 aliphatic rings. The van der Waals surface area contributed by atoms with Gasteiger partial charge in [-0.15, -0.1) is 10.2 Å². The van der Waals surface area contributed by atoms with Crippen LogP contribution in [0.15, 0.2) is 6.33 Å². The third-order valence-electron chi connectivity index (χ3n) is 3.11. The highest BCUT2D eigenvalue weighted by molar-refractivity contribution is 4.90. The van der Waals surface area contributed by atoms with Crippen molar-refractivity contribution in [2.75, 3.05) is 0 Å². The molecular formula is C11H20N4. The number of aromatic nitrogens is 3. The predicted molar refractivity (Wildman–Crippen MR) is 59.4 cm³/mol. The summed E-state index contributed by atoms with van der Waals surface area (Å²) >= 11 is 0. The largest absolute Gasteiger partial charge is 0.314 e. The SMILES string of the molecule is CC(NCc1nncn1C(C)C)C1CC1. The molecule has 0 saturated heterocycles. The molecule has 1 saturated carbocycles. The quantitative estimate of drug-likeness (QED) is 0.801. The van der Waals surface area contributed by atoms with Crippen molar-refractivity contribution in [1.29, 1.82) is 0 Å². The minimum absolute atomic E-state index is 0.438. The maximum Gasteiger partial charge on any atom is 0.147 e. The summed E-state index contributed by atoms with van der Waals surface area (Å²) in [6, 6.07) is 1.05. The lowest BCUT2D eigenvalue weighted by molar-refractivity contribution is 0.466. The maximum atomic E-state index is 4.14. The third kappa shape index (κ3) is 2.56. The summed E-state index contributed by atoms with van der Waals surface area (Å²) in [7, 11) is 0. The van der Waals surface area contributed by atoms with Crippen LogP contribution in [0.25, 0.3) is 0 Å². The zero-order valence-electron chi connectivity index (χ0n) is 9.77. The molecule has 4 heteroatoms. The molecule has 0 spiro atoms. The van der Waals surface area contributed by atoms with Gasteiger partial charge < -0.3 is 9.88 Å². The topological polar surface area (TPSA) is 42.7 Å². The second kappa shape index (κ2) is 4.31. The van der Waals surface area contributed by atoms with Crippen LogP contribution in [-0.2, 0) is 6.54 Å². The molecule has 0 aliphatic heterocycles. The Morgan fingerprint density at radius 1 is 1.47 bits per heavy atom. The molecule has 0 aromatic carbocycles. The lowest BCUT2D eigenvalue weighted by Gasteiger charge is -2.14. The van der Waals surface area contributed by atoms with Gasteiger partial charge in [-0.1, -0.05) is 0 Å².